The minimum atomic E-state index is -2.58. The summed E-state index contributed by atoms with van der Waals surface area (Å²) in [4.78, 5) is 1.63. The van der Waals surface area contributed by atoms with Crippen LogP contribution in [0, 0.1) is 0 Å². The molecule has 0 aromatic carbocycles. The Hall–Kier alpha value is -0.220. The molecule has 4 heteroatoms. The van der Waals surface area contributed by atoms with Crippen LogP contribution in [0.4, 0.5) is 8.78 Å². The van der Waals surface area contributed by atoms with Crippen molar-refractivity contribution in [3.05, 3.63) is 0 Å². The zero-order chi connectivity index (χ0) is 9.78. The molecule has 1 unspecified atom stereocenters. The molecule has 0 spiro atoms. The van der Waals surface area contributed by atoms with E-state index in [4.69, 9.17) is 5.11 Å². The van der Waals surface area contributed by atoms with Crippen molar-refractivity contribution in [1.82, 2.24) is 4.90 Å². The Bertz CT molecular complexity index is 123. The van der Waals surface area contributed by atoms with Gasteiger partial charge in [-0.05, 0) is 27.3 Å². The monoisotopic (exact) mass is 181 g/mol. The first-order valence-electron chi connectivity index (χ1n) is 4.09. The van der Waals surface area contributed by atoms with Crippen LogP contribution < -0.4 is 0 Å². The Balaban J connectivity index is 3.44. The highest BCUT2D eigenvalue weighted by molar-refractivity contribution is 4.60. The predicted octanol–water partition coefficient (Wildman–Crippen LogP) is 1.69. The van der Waals surface area contributed by atoms with Crippen LogP contribution in [0.2, 0.25) is 0 Å². The number of rotatable bonds is 5. The van der Waals surface area contributed by atoms with Gasteiger partial charge in [0, 0.05) is 13.0 Å². The molecule has 0 aromatic heterocycles. The van der Waals surface area contributed by atoms with Gasteiger partial charge in [0.15, 0.2) is 0 Å². The highest BCUT2D eigenvalue weighted by Gasteiger charge is 2.20. The summed E-state index contributed by atoms with van der Waals surface area (Å²) in [6.07, 6.45) is -0.273. The number of hydrogen-bond acceptors (Lipinski definition) is 2. The Morgan fingerprint density at radius 1 is 1.50 bits per heavy atom. The number of hydrogen-bond donors (Lipinski definition) is 1. The van der Waals surface area contributed by atoms with E-state index in [-0.39, 0.29) is 6.42 Å². The lowest BCUT2D eigenvalue weighted by molar-refractivity contribution is -0.00206. The van der Waals surface area contributed by atoms with E-state index in [1.165, 1.54) is 0 Å². The highest BCUT2D eigenvalue weighted by Crippen LogP contribution is 2.18. The molecular weight excluding hydrogens is 164 g/mol. The third-order valence-electron chi connectivity index (χ3n) is 1.76. The van der Waals surface area contributed by atoms with Gasteiger partial charge in [-0.15, -0.1) is 0 Å². The minimum absolute atomic E-state index is 0.121. The zero-order valence-electron chi connectivity index (χ0n) is 7.85. The van der Waals surface area contributed by atoms with Gasteiger partial charge in [-0.1, -0.05) is 0 Å². The number of nitrogens with zero attached hydrogens (tertiary/aromatic N) is 1. The van der Waals surface area contributed by atoms with Crippen LogP contribution in [0.1, 0.15) is 26.7 Å². The number of aliphatic hydroxyl groups is 1. The Kier molecular flexibility index (Phi) is 4.63. The van der Waals surface area contributed by atoms with Gasteiger partial charge in [-0.25, -0.2) is 8.78 Å². The maximum absolute atomic E-state index is 12.3. The molecule has 0 aliphatic rings. The Morgan fingerprint density at radius 3 is 2.33 bits per heavy atom. The molecule has 0 radical (unpaired) electrons. The molecule has 0 aromatic rings. The van der Waals surface area contributed by atoms with Gasteiger partial charge in [0.1, 0.15) is 6.23 Å². The third-order valence-corrected chi connectivity index (χ3v) is 1.76. The number of halogens is 2. The average Bonchev–Trinajstić information content (AvgIpc) is 1.84. The molecule has 0 fully saturated rings. The molecule has 12 heavy (non-hydrogen) atoms. The molecule has 1 atom stereocenters. The lowest BCUT2D eigenvalue weighted by Crippen LogP contribution is -2.30. The molecule has 0 aliphatic heterocycles. The van der Waals surface area contributed by atoms with Crippen molar-refractivity contribution in [3.8, 4) is 0 Å². The first kappa shape index (κ1) is 11.8. The van der Waals surface area contributed by atoms with E-state index in [2.05, 4.69) is 0 Å². The molecule has 0 bridgehead atoms. The van der Waals surface area contributed by atoms with Crippen molar-refractivity contribution in [1.29, 1.82) is 0 Å². The summed E-state index contributed by atoms with van der Waals surface area (Å²) >= 11 is 0. The average molecular weight is 181 g/mol. The summed E-state index contributed by atoms with van der Waals surface area (Å²) in [5.41, 5.74) is 0. The predicted molar refractivity (Wildman–Crippen MR) is 44.2 cm³/mol. The van der Waals surface area contributed by atoms with Gasteiger partial charge < -0.3 is 5.11 Å². The summed E-state index contributed by atoms with van der Waals surface area (Å²) in [6.45, 7) is 3.03. The topological polar surface area (TPSA) is 23.5 Å². The van der Waals surface area contributed by atoms with E-state index < -0.39 is 12.2 Å². The summed E-state index contributed by atoms with van der Waals surface area (Å²) in [7, 11) is 1.71. The number of alkyl halides is 2. The molecular formula is C8H17F2NO. The van der Waals surface area contributed by atoms with Crippen LogP contribution in [-0.4, -0.2) is 35.7 Å². The molecule has 0 saturated heterocycles. The highest BCUT2D eigenvalue weighted by atomic mass is 19.3. The summed E-state index contributed by atoms with van der Waals surface area (Å²) in [5, 5.41) is 8.99. The lowest BCUT2D eigenvalue weighted by Gasteiger charge is -2.20. The first-order chi connectivity index (χ1) is 5.33. The van der Waals surface area contributed by atoms with Crippen molar-refractivity contribution in [2.75, 3.05) is 13.6 Å². The molecule has 74 valence electrons. The maximum atomic E-state index is 12.3. The first-order valence-corrected chi connectivity index (χ1v) is 4.09. The second kappa shape index (κ2) is 4.72. The van der Waals surface area contributed by atoms with Crippen molar-refractivity contribution in [3.63, 3.8) is 0 Å². The van der Waals surface area contributed by atoms with Gasteiger partial charge in [0.05, 0.1) is 0 Å². The van der Waals surface area contributed by atoms with Gasteiger partial charge in [0.25, 0.3) is 0 Å². The van der Waals surface area contributed by atoms with Crippen LogP contribution in [0.15, 0.2) is 0 Å². The number of aliphatic hydroxyl groups excluding tert-OH is 1. The second-order valence-electron chi connectivity index (χ2n) is 3.29. The van der Waals surface area contributed by atoms with Crippen molar-refractivity contribution in [2.24, 2.45) is 0 Å². The SMILES string of the molecule is CC(O)N(C)CCCC(C)(F)F. The van der Waals surface area contributed by atoms with Crippen molar-refractivity contribution < 1.29 is 13.9 Å². The molecule has 2 nitrogen and oxygen atoms in total. The van der Waals surface area contributed by atoms with E-state index in [9.17, 15) is 8.78 Å². The van der Waals surface area contributed by atoms with E-state index in [1.54, 1.807) is 18.9 Å². The molecule has 0 rings (SSSR count). The maximum Gasteiger partial charge on any atom is 0.245 e. The van der Waals surface area contributed by atoms with E-state index in [1.807, 2.05) is 0 Å². The fraction of sp³-hybridized carbons (Fsp3) is 1.00. The van der Waals surface area contributed by atoms with E-state index in [0.717, 1.165) is 6.92 Å². The van der Waals surface area contributed by atoms with Crippen LogP contribution in [0.5, 0.6) is 0 Å². The van der Waals surface area contributed by atoms with Gasteiger partial charge in [0.2, 0.25) is 5.92 Å². The quantitative estimate of drug-likeness (QED) is 0.652. The van der Waals surface area contributed by atoms with Gasteiger partial charge in [-0.3, -0.25) is 4.90 Å². The molecule has 0 saturated carbocycles. The minimum Gasteiger partial charge on any atom is -0.379 e. The molecule has 0 amide bonds. The van der Waals surface area contributed by atoms with Gasteiger partial charge >= 0.3 is 0 Å². The molecule has 0 aliphatic carbocycles. The fourth-order valence-corrected chi connectivity index (χ4v) is 0.826. The fourth-order valence-electron chi connectivity index (χ4n) is 0.826. The molecule has 0 heterocycles. The molecule has 1 N–H and O–H groups in total. The van der Waals surface area contributed by atoms with Crippen LogP contribution in [-0.2, 0) is 0 Å². The summed E-state index contributed by atoms with van der Waals surface area (Å²) < 4.78 is 24.6. The lowest BCUT2D eigenvalue weighted by atomic mass is 10.2. The van der Waals surface area contributed by atoms with Crippen molar-refractivity contribution >= 4 is 0 Å². The second-order valence-corrected chi connectivity index (χ2v) is 3.29. The standard InChI is InChI=1S/C8H17F2NO/c1-7(12)11(3)6-4-5-8(2,9)10/h7,12H,4-6H2,1-3H3. The van der Waals surface area contributed by atoms with Gasteiger partial charge in [-0.2, -0.15) is 0 Å². The van der Waals surface area contributed by atoms with Crippen LogP contribution in [0.25, 0.3) is 0 Å². The van der Waals surface area contributed by atoms with Crippen LogP contribution in [0.3, 0.4) is 0 Å². The summed E-state index contributed by atoms with van der Waals surface area (Å²) in [5.74, 6) is -2.58. The smallest absolute Gasteiger partial charge is 0.245 e. The largest absolute Gasteiger partial charge is 0.379 e. The van der Waals surface area contributed by atoms with Crippen LogP contribution >= 0.6 is 0 Å². The third kappa shape index (κ3) is 6.49. The summed E-state index contributed by atoms with van der Waals surface area (Å²) in [6, 6.07) is 0. The zero-order valence-corrected chi connectivity index (χ0v) is 7.85. The Labute approximate surface area is 72.2 Å². The van der Waals surface area contributed by atoms with E-state index >= 15 is 0 Å². The Morgan fingerprint density at radius 2 is 2.00 bits per heavy atom. The normalized spacial score (nSPS) is 15.2. The van der Waals surface area contributed by atoms with Crippen molar-refractivity contribution in [2.45, 2.75) is 38.8 Å². The van der Waals surface area contributed by atoms with E-state index in [0.29, 0.717) is 13.0 Å².